The van der Waals surface area contributed by atoms with Crippen LogP contribution >= 0.6 is 12.4 Å². The number of carbonyl (C=O) groups excluding carboxylic acids is 1. The molecule has 0 bridgehead atoms. The molecule has 3 nitrogen and oxygen atoms in total. The van der Waals surface area contributed by atoms with E-state index in [4.69, 9.17) is 5.73 Å². The minimum Gasteiger partial charge on any atom is -0.336 e. The summed E-state index contributed by atoms with van der Waals surface area (Å²) in [4.78, 5) is 14.0. The van der Waals surface area contributed by atoms with Gasteiger partial charge in [-0.05, 0) is 30.4 Å². The highest BCUT2D eigenvalue weighted by molar-refractivity contribution is 5.89. The maximum Gasteiger partial charge on any atom is 0.242 e. The average Bonchev–Trinajstić information content (AvgIpc) is 3.07. The zero-order valence-electron chi connectivity index (χ0n) is 9.69. The van der Waals surface area contributed by atoms with Crippen LogP contribution in [0.5, 0.6) is 0 Å². The highest BCUT2D eigenvalue weighted by Gasteiger charge is 2.48. The van der Waals surface area contributed by atoms with Crippen molar-refractivity contribution in [1.29, 1.82) is 0 Å². The Morgan fingerprint density at radius 3 is 2.53 bits per heavy atom. The van der Waals surface area contributed by atoms with Gasteiger partial charge in [-0.2, -0.15) is 0 Å². The van der Waals surface area contributed by atoms with Crippen LogP contribution in [-0.2, 0) is 17.8 Å². The van der Waals surface area contributed by atoms with E-state index in [9.17, 15) is 4.79 Å². The van der Waals surface area contributed by atoms with Gasteiger partial charge >= 0.3 is 0 Å². The summed E-state index contributed by atoms with van der Waals surface area (Å²) < 4.78 is 0. The van der Waals surface area contributed by atoms with Gasteiger partial charge < -0.3 is 10.6 Å². The number of nitrogens with zero attached hydrogens (tertiary/aromatic N) is 1. The SMILES string of the molecule is Cl.NC1(C(=O)N2CCc3ccccc3C2)CC1. The van der Waals surface area contributed by atoms with E-state index in [1.54, 1.807) is 0 Å². The predicted octanol–water partition coefficient (Wildman–Crippen LogP) is 1.48. The van der Waals surface area contributed by atoms with Crippen molar-refractivity contribution in [3.63, 3.8) is 0 Å². The zero-order chi connectivity index (χ0) is 11.2. The molecule has 0 radical (unpaired) electrons. The van der Waals surface area contributed by atoms with Crippen LogP contribution in [0.2, 0.25) is 0 Å². The van der Waals surface area contributed by atoms with E-state index in [0.717, 1.165) is 32.4 Å². The van der Waals surface area contributed by atoms with Gasteiger partial charge in [-0.15, -0.1) is 12.4 Å². The Balaban J connectivity index is 0.00000108. The Bertz CT molecular complexity index is 443. The number of hydrogen-bond acceptors (Lipinski definition) is 2. The molecular weight excluding hydrogens is 236 g/mol. The highest BCUT2D eigenvalue weighted by atomic mass is 35.5. The molecule has 3 rings (SSSR count). The third-order valence-corrected chi connectivity index (χ3v) is 3.63. The zero-order valence-corrected chi connectivity index (χ0v) is 10.5. The quantitative estimate of drug-likeness (QED) is 0.823. The number of halogens is 1. The molecule has 2 N–H and O–H groups in total. The summed E-state index contributed by atoms with van der Waals surface area (Å²) in [7, 11) is 0. The number of carbonyl (C=O) groups is 1. The van der Waals surface area contributed by atoms with Crippen LogP contribution < -0.4 is 5.73 Å². The molecule has 0 spiro atoms. The summed E-state index contributed by atoms with van der Waals surface area (Å²) in [6.07, 6.45) is 2.66. The molecule has 0 atom stereocenters. The Morgan fingerprint density at radius 1 is 1.24 bits per heavy atom. The van der Waals surface area contributed by atoms with E-state index < -0.39 is 5.54 Å². The normalized spacial score (nSPS) is 20.2. The number of fused-ring (bicyclic) bond motifs is 1. The first-order chi connectivity index (χ1) is 7.69. The topological polar surface area (TPSA) is 46.3 Å². The fraction of sp³-hybridized carbons (Fsp3) is 0.462. The Hall–Kier alpha value is -1.06. The summed E-state index contributed by atoms with van der Waals surface area (Å²) in [6.45, 7) is 1.54. The number of rotatable bonds is 1. The molecule has 1 aromatic rings. The van der Waals surface area contributed by atoms with Crippen LogP contribution in [0.4, 0.5) is 0 Å². The van der Waals surface area contributed by atoms with Crippen LogP contribution in [0.1, 0.15) is 24.0 Å². The third-order valence-electron chi connectivity index (χ3n) is 3.63. The van der Waals surface area contributed by atoms with Gasteiger partial charge in [-0.3, -0.25) is 4.79 Å². The maximum atomic E-state index is 12.1. The lowest BCUT2D eigenvalue weighted by Crippen LogP contribution is -2.47. The van der Waals surface area contributed by atoms with Crippen LogP contribution in [0, 0.1) is 0 Å². The molecule has 1 heterocycles. The molecular formula is C13H17ClN2O. The molecule has 1 saturated carbocycles. The number of nitrogens with two attached hydrogens (primary N) is 1. The number of benzene rings is 1. The largest absolute Gasteiger partial charge is 0.336 e. The van der Waals surface area contributed by atoms with Gasteiger partial charge in [0.2, 0.25) is 5.91 Å². The summed E-state index contributed by atoms with van der Waals surface area (Å²) in [5, 5.41) is 0. The standard InChI is InChI=1S/C13H16N2O.ClH/c14-13(6-7-13)12(16)15-8-5-10-3-1-2-4-11(10)9-15;/h1-4H,5-9,14H2;1H. The maximum absolute atomic E-state index is 12.1. The van der Waals surface area contributed by atoms with Crippen molar-refractivity contribution < 1.29 is 4.79 Å². The molecule has 2 aliphatic rings. The van der Waals surface area contributed by atoms with Crippen molar-refractivity contribution in [1.82, 2.24) is 4.90 Å². The van der Waals surface area contributed by atoms with Crippen molar-refractivity contribution in [2.75, 3.05) is 6.54 Å². The van der Waals surface area contributed by atoms with E-state index in [1.165, 1.54) is 11.1 Å². The van der Waals surface area contributed by atoms with Gasteiger partial charge in [-0.1, -0.05) is 24.3 Å². The molecule has 92 valence electrons. The monoisotopic (exact) mass is 252 g/mol. The average molecular weight is 253 g/mol. The summed E-state index contributed by atoms with van der Waals surface area (Å²) in [5.74, 6) is 0.141. The predicted molar refractivity (Wildman–Crippen MR) is 69.0 cm³/mol. The molecule has 1 aliphatic heterocycles. The van der Waals surface area contributed by atoms with Crippen molar-refractivity contribution >= 4 is 18.3 Å². The molecule has 0 unspecified atom stereocenters. The number of amides is 1. The fourth-order valence-corrected chi connectivity index (χ4v) is 2.33. The van der Waals surface area contributed by atoms with Crippen molar-refractivity contribution in [2.45, 2.75) is 31.3 Å². The van der Waals surface area contributed by atoms with Crippen molar-refractivity contribution in [2.24, 2.45) is 5.73 Å². The van der Waals surface area contributed by atoms with E-state index in [0.29, 0.717) is 0 Å². The van der Waals surface area contributed by atoms with E-state index in [-0.39, 0.29) is 18.3 Å². The van der Waals surface area contributed by atoms with Crippen molar-refractivity contribution in [3.8, 4) is 0 Å². The first kappa shape index (κ1) is 12.4. The molecule has 0 saturated heterocycles. The summed E-state index contributed by atoms with van der Waals surface area (Å²) >= 11 is 0. The summed E-state index contributed by atoms with van der Waals surface area (Å²) in [6, 6.07) is 8.33. The molecule has 1 fully saturated rings. The lowest BCUT2D eigenvalue weighted by Gasteiger charge is -2.30. The Morgan fingerprint density at radius 2 is 1.88 bits per heavy atom. The van der Waals surface area contributed by atoms with Crippen LogP contribution in [0.15, 0.2) is 24.3 Å². The van der Waals surface area contributed by atoms with Gasteiger partial charge in [0.05, 0.1) is 5.54 Å². The van der Waals surface area contributed by atoms with Crippen LogP contribution in [-0.4, -0.2) is 22.9 Å². The Labute approximate surface area is 107 Å². The van der Waals surface area contributed by atoms with Crippen LogP contribution in [0.3, 0.4) is 0 Å². The van der Waals surface area contributed by atoms with Crippen molar-refractivity contribution in [3.05, 3.63) is 35.4 Å². The van der Waals surface area contributed by atoms with E-state index >= 15 is 0 Å². The highest BCUT2D eigenvalue weighted by Crippen LogP contribution is 2.35. The van der Waals surface area contributed by atoms with Gasteiger partial charge in [-0.25, -0.2) is 0 Å². The molecule has 0 aromatic heterocycles. The van der Waals surface area contributed by atoms with Gasteiger partial charge in [0, 0.05) is 13.1 Å². The second-order valence-electron chi connectivity index (χ2n) is 4.90. The van der Waals surface area contributed by atoms with Gasteiger partial charge in [0.1, 0.15) is 0 Å². The molecule has 17 heavy (non-hydrogen) atoms. The van der Waals surface area contributed by atoms with Gasteiger partial charge in [0.15, 0.2) is 0 Å². The fourth-order valence-electron chi connectivity index (χ4n) is 2.33. The first-order valence-corrected chi connectivity index (χ1v) is 5.84. The lowest BCUT2D eigenvalue weighted by atomic mass is 9.99. The molecule has 4 heteroatoms. The molecule has 1 aliphatic carbocycles. The van der Waals surface area contributed by atoms with E-state index in [1.807, 2.05) is 11.0 Å². The third kappa shape index (κ3) is 2.17. The van der Waals surface area contributed by atoms with Crippen LogP contribution in [0.25, 0.3) is 0 Å². The Kier molecular flexibility index (Phi) is 3.15. The smallest absolute Gasteiger partial charge is 0.242 e. The second kappa shape index (κ2) is 4.31. The lowest BCUT2D eigenvalue weighted by molar-refractivity contribution is -0.134. The minimum absolute atomic E-state index is 0. The van der Waals surface area contributed by atoms with Gasteiger partial charge in [0.25, 0.3) is 0 Å². The second-order valence-corrected chi connectivity index (χ2v) is 4.90. The first-order valence-electron chi connectivity index (χ1n) is 5.84. The van der Waals surface area contributed by atoms with E-state index in [2.05, 4.69) is 18.2 Å². The number of hydrogen-bond donors (Lipinski definition) is 1. The minimum atomic E-state index is -0.522. The molecule has 1 aromatic carbocycles. The summed E-state index contributed by atoms with van der Waals surface area (Å²) in [5.41, 5.74) is 8.07. The molecule has 1 amide bonds.